The topological polar surface area (TPSA) is 9.23 Å². The SMILES string of the molecule is CCCC(C)Oc1cccc(Cl)c1CBr. The molecule has 0 aliphatic carbocycles. The predicted octanol–water partition coefficient (Wildman–Crippen LogP) is 4.80. The van der Waals surface area contributed by atoms with Crippen molar-refractivity contribution < 1.29 is 4.74 Å². The van der Waals surface area contributed by atoms with Crippen molar-refractivity contribution in [2.45, 2.75) is 38.1 Å². The van der Waals surface area contributed by atoms with Gasteiger partial charge in [-0.3, -0.25) is 0 Å². The van der Waals surface area contributed by atoms with Crippen LogP contribution in [-0.4, -0.2) is 6.10 Å². The molecule has 1 unspecified atom stereocenters. The van der Waals surface area contributed by atoms with Gasteiger partial charge in [0.25, 0.3) is 0 Å². The maximum absolute atomic E-state index is 6.08. The molecule has 0 aliphatic heterocycles. The van der Waals surface area contributed by atoms with E-state index in [4.69, 9.17) is 16.3 Å². The summed E-state index contributed by atoms with van der Waals surface area (Å²) in [6.45, 7) is 4.24. The van der Waals surface area contributed by atoms with Gasteiger partial charge in [-0.05, 0) is 25.5 Å². The first-order valence-electron chi connectivity index (χ1n) is 5.19. The Morgan fingerprint density at radius 3 is 2.80 bits per heavy atom. The number of benzene rings is 1. The van der Waals surface area contributed by atoms with Gasteiger partial charge in [0.1, 0.15) is 5.75 Å². The second-order valence-corrected chi connectivity index (χ2v) is 4.54. The summed E-state index contributed by atoms with van der Waals surface area (Å²) in [6.07, 6.45) is 2.44. The van der Waals surface area contributed by atoms with Crippen LogP contribution in [0.3, 0.4) is 0 Å². The fraction of sp³-hybridized carbons (Fsp3) is 0.500. The Bertz CT molecular complexity index is 314. The van der Waals surface area contributed by atoms with Crippen LogP contribution in [0.25, 0.3) is 0 Å². The molecule has 1 aromatic carbocycles. The number of rotatable bonds is 5. The molecule has 0 fully saturated rings. The van der Waals surface area contributed by atoms with E-state index in [9.17, 15) is 0 Å². The highest BCUT2D eigenvalue weighted by Gasteiger charge is 2.09. The zero-order valence-corrected chi connectivity index (χ0v) is 11.4. The second-order valence-electron chi connectivity index (χ2n) is 3.57. The van der Waals surface area contributed by atoms with Crippen LogP contribution in [0, 0.1) is 0 Å². The van der Waals surface area contributed by atoms with E-state index in [1.807, 2.05) is 18.2 Å². The Labute approximate surface area is 105 Å². The van der Waals surface area contributed by atoms with Crippen molar-refractivity contribution in [3.63, 3.8) is 0 Å². The van der Waals surface area contributed by atoms with E-state index in [2.05, 4.69) is 29.8 Å². The molecule has 0 bridgehead atoms. The summed E-state index contributed by atoms with van der Waals surface area (Å²) in [6, 6.07) is 5.77. The molecule has 1 nitrogen and oxygen atoms in total. The summed E-state index contributed by atoms with van der Waals surface area (Å²) >= 11 is 9.50. The van der Waals surface area contributed by atoms with Crippen molar-refractivity contribution in [1.82, 2.24) is 0 Å². The van der Waals surface area contributed by atoms with E-state index >= 15 is 0 Å². The molecule has 0 N–H and O–H groups in total. The lowest BCUT2D eigenvalue weighted by molar-refractivity contribution is 0.208. The normalized spacial score (nSPS) is 12.5. The van der Waals surface area contributed by atoms with E-state index in [1.165, 1.54) is 0 Å². The summed E-state index contributed by atoms with van der Waals surface area (Å²) < 4.78 is 5.84. The first kappa shape index (κ1) is 12.9. The highest BCUT2D eigenvalue weighted by molar-refractivity contribution is 9.08. The van der Waals surface area contributed by atoms with Crippen LogP contribution in [0.4, 0.5) is 0 Å². The fourth-order valence-electron chi connectivity index (χ4n) is 1.46. The van der Waals surface area contributed by atoms with Crippen LogP contribution in [0.1, 0.15) is 32.3 Å². The van der Waals surface area contributed by atoms with Crippen LogP contribution in [0.2, 0.25) is 5.02 Å². The highest BCUT2D eigenvalue weighted by atomic mass is 79.9. The number of halogens is 2. The predicted molar refractivity (Wildman–Crippen MR) is 69.1 cm³/mol. The average Bonchev–Trinajstić information content (AvgIpc) is 2.18. The third kappa shape index (κ3) is 3.69. The first-order chi connectivity index (χ1) is 7.19. The highest BCUT2D eigenvalue weighted by Crippen LogP contribution is 2.29. The van der Waals surface area contributed by atoms with Gasteiger partial charge in [-0.25, -0.2) is 0 Å². The molecule has 84 valence electrons. The standard InChI is InChI=1S/C12H16BrClO/c1-3-5-9(2)15-12-7-4-6-11(14)10(12)8-13/h4,6-7,9H,3,5,8H2,1-2H3. The molecule has 1 rings (SSSR count). The van der Waals surface area contributed by atoms with E-state index < -0.39 is 0 Å². The third-order valence-electron chi connectivity index (χ3n) is 2.23. The summed E-state index contributed by atoms with van der Waals surface area (Å²) in [4.78, 5) is 0. The third-order valence-corrected chi connectivity index (χ3v) is 3.15. The van der Waals surface area contributed by atoms with Gasteiger partial charge in [-0.15, -0.1) is 0 Å². The van der Waals surface area contributed by atoms with E-state index in [0.29, 0.717) is 0 Å². The zero-order valence-electron chi connectivity index (χ0n) is 9.09. The van der Waals surface area contributed by atoms with Crippen molar-refractivity contribution in [1.29, 1.82) is 0 Å². The molecule has 0 spiro atoms. The van der Waals surface area contributed by atoms with E-state index in [0.717, 1.165) is 34.5 Å². The number of hydrogen-bond acceptors (Lipinski definition) is 1. The van der Waals surface area contributed by atoms with Gasteiger partial charge < -0.3 is 4.74 Å². The van der Waals surface area contributed by atoms with Crippen molar-refractivity contribution in [3.05, 3.63) is 28.8 Å². The van der Waals surface area contributed by atoms with E-state index in [-0.39, 0.29) is 6.10 Å². The van der Waals surface area contributed by atoms with Crippen molar-refractivity contribution in [2.24, 2.45) is 0 Å². The van der Waals surface area contributed by atoms with Crippen LogP contribution in [0.15, 0.2) is 18.2 Å². The maximum Gasteiger partial charge on any atom is 0.125 e. The van der Waals surface area contributed by atoms with Gasteiger partial charge in [-0.1, -0.05) is 46.9 Å². The molecule has 1 atom stereocenters. The lowest BCUT2D eigenvalue weighted by atomic mass is 10.2. The Morgan fingerprint density at radius 1 is 1.47 bits per heavy atom. The number of hydrogen-bond donors (Lipinski definition) is 0. The summed E-state index contributed by atoms with van der Waals surface area (Å²) in [5.41, 5.74) is 1.03. The Morgan fingerprint density at radius 2 is 2.20 bits per heavy atom. The van der Waals surface area contributed by atoms with Gasteiger partial charge in [0, 0.05) is 15.9 Å². The molecule has 0 radical (unpaired) electrons. The molecule has 3 heteroatoms. The van der Waals surface area contributed by atoms with Gasteiger partial charge in [0.2, 0.25) is 0 Å². The molecular weight excluding hydrogens is 275 g/mol. The summed E-state index contributed by atoms with van der Waals surface area (Å²) in [5, 5.41) is 1.48. The first-order valence-corrected chi connectivity index (χ1v) is 6.69. The average molecular weight is 292 g/mol. The Hall–Kier alpha value is -0.210. The van der Waals surface area contributed by atoms with Crippen molar-refractivity contribution in [2.75, 3.05) is 0 Å². The van der Waals surface area contributed by atoms with Crippen molar-refractivity contribution >= 4 is 27.5 Å². The number of ether oxygens (including phenoxy) is 1. The minimum atomic E-state index is 0.242. The van der Waals surface area contributed by atoms with Gasteiger partial charge in [-0.2, -0.15) is 0 Å². The molecule has 0 saturated carbocycles. The van der Waals surface area contributed by atoms with Gasteiger partial charge in [0.05, 0.1) is 6.10 Å². The van der Waals surface area contributed by atoms with Crippen LogP contribution in [0.5, 0.6) is 5.75 Å². The number of alkyl halides is 1. The molecule has 0 aromatic heterocycles. The summed E-state index contributed by atoms with van der Waals surface area (Å²) in [7, 11) is 0. The lowest BCUT2D eigenvalue weighted by Gasteiger charge is -2.16. The minimum Gasteiger partial charge on any atom is -0.490 e. The molecule has 1 aromatic rings. The lowest BCUT2D eigenvalue weighted by Crippen LogP contribution is -2.12. The zero-order chi connectivity index (χ0) is 11.3. The van der Waals surface area contributed by atoms with Crippen LogP contribution < -0.4 is 4.74 Å². The quantitative estimate of drug-likeness (QED) is 0.708. The smallest absolute Gasteiger partial charge is 0.125 e. The fourth-order valence-corrected chi connectivity index (χ4v) is 2.43. The molecule has 0 heterocycles. The molecule has 15 heavy (non-hydrogen) atoms. The van der Waals surface area contributed by atoms with Gasteiger partial charge >= 0.3 is 0 Å². The van der Waals surface area contributed by atoms with E-state index in [1.54, 1.807) is 0 Å². The van der Waals surface area contributed by atoms with Crippen LogP contribution >= 0.6 is 27.5 Å². The molecule has 0 aliphatic rings. The maximum atomic E-state index is 6.08. The largest absolute Gasteiger partial charge is 0.490 e. The Balaban J connectivity index is 2.80. The molecular formula is C12H16BrClO. The Kier molecular flexibility index (Phi) is 5.48. The summed E-state index contributed by atoms with van der Waals surface area (Å²) in [5.74, 6) is 0.889. The second kappa shape index (κ2) is 6.39. The molecule has 0 amide bonds. The van der Waals surface area contributed by atoms with Crippen LogP contribution in [-0.2, 0) is 5.33 Å². The monoisotopic (exact) mass is 290 g/mol. The van der Waals surface area contributed by atoms with Gasteiger partial charge in [0.15, 0.2) is 0 Å². The molecule has 0 saturated heterocycles. The minimum absolute atomic E-state index is 0.242. The van der Waals surface area contributed by atoms with Crippen molar-refractivity contribution in [3.8, 4) is 5.75 Å².